The minimum atomic E-state index is -0.913. The van der Waals surface area contributed by atoms with Gasteiger partial charge in [0, 0.05) is 0 Å². The Hall–Kier alpha value is -1.84. The van der Waals surface area contributed by atoms with Crippen molar-refractivity contribution < 1.29 is 99.2 Å². The Kier molecular flexibility index (Phi) is 53.6. The highest BCUT2D eigenvalue weighted by molar-refractivity contribution is 4.68. The molecule has 336 valence electrons. The Bertz CT molecular complexity index is 805. The van der Waals surface area contributed by atoms with Crippen molar-refractivity contribution >= 4 is 0 Å². The standard InChI is InChI=1S/4C9H18O5/c1-2-3-13-6-8(12)7-14-9(4-10)5-11;1-2-3-13-7-9(5-11)14-6-8(12)4-10;1-2-3-13-6-9(12)7-14-5-8(11)4-10;1-2-3-13-7-9(6-12)14-8(4-10)5-11/h4*2,8-12H,1,3-7H2. The van der Waals surface area contributed by atoms with Crippen LogP contribution in [-0.4, -0.2) is 242 Å². The number of ether oxygens (including phenoxy) is 8. The third-order valence-corrected chi connectivity index (χ3v) is 5.87. The van der Waals surface area contributed by atoms with Crippen molar-refractivity contribution in [3.63, 3.8) is 0 Å². The van der Waals surface area contributed by atoms with Crippen molar-refractivity contribution in [1.29, 1.82) is 0 Å². The highest BCUT2D eigenvalue weighted by Crippen LogP contribution is 1.99. The van der Waals surface area contributed by atoms with Crippen LogP contribution >= 0.6 is 0 Å². The molecule has 0 aliphatic carbocycles. The van der Waals surface area contributed by atoms with Crippen LogP contribution in [0.5, 0.6) is 0 Å². The molecule has 0 aromatic heterocycles. The first-order chi connectivity index (χ1) is 27.0. The molecule has 56 heavy (non-hydrogen) atoms. The van der Waals surface area contributed by atoms with E-state index in [0.717, 1.165) is 0 Å². The zero-order chi connectivity index (χ0) is 43.2. The first kappa shape index (κ1) is 60.8. The van der Waals surface area contributed by atoms with Crippen molar-refractivity contribution in [2.75, 3.05) is 132 Å². The van der Waals surface area contributed by atoms with Gasteiger partial charge in [0.15, 0.2) is 0 Å². The van der Waals surface area contributed by atoms with Gasteiger partial charge in [0.2, 0.25) is 0 Å². The minimum absolute atomic E-state index is 0.00895. The van der Waals surface area contributed by atoms with E-state index in [0.29, 0.717) is 26.4 Å². The molecule has 0 radical (unpaired) electrons. The second-order valence-electron chi connectivity index (χ2n) is 11.2. The van der Waals surface area contributed by atoms with Crippen molar-refractivity contribution in [3.8, 4) is 0 Å². The lowest BCUT2D eigenvalue weighted by atomic mass is 10.3. The summed E-state index contributed by atoms with van der Waals surface area (Å²) in [5.74, 6) is 0. The van der Waals surface area contributed by atoms with Gasteiger partial charge in [0.05, 0.1) is 132 Å². The second-order valence-corrected chi connectivity index (χ2v) is 11.2. The van der Waals surface area contributed by atoms with Gasteiger partial charge in [-0.15, -0.1) is 26.3 Å². The summed E-state index contributed by atoms with van der Waals surface area (Å²) in [6, 6.07) is 0. The summed E-state index contributed by atoms with van der Waals surface area (Å²) in [6.07, 6.45) is 0.761. The lowest BCUT2D eigenvalue weighted by molar-refractivity contribution is -0.104. The maximum Gasteiger partial charge on any atom is 0.104 e. The molecule has 0 fully saturated rings. The van der Waals surface area contributed by atoms with Crippen LogP contribution in [0.25, 0.3) is 0 Å². The Morgan fingerprint density at radius 3 is 1.02 bits per heavy atom. The topological polar surface area (TPSA) is 317 Å². The molecule has 0 saturated carbocycles. The van der Waals surface area contributed by atoms with E-state index in [-0.39, 0.29) is 106 Å². The molecule has 6 unspecified atom stereocenters. The largest absolute Gasteiger partial charge is 0.394 e. The monoisotopic (exact) mass is 824 g/mol. The summed E-state index contributed by atoms with van der Waals surface area (Å²) in [7, 11) is 0. The van der Waals surface area contributed by atoms with Crippen molar-refractivity contribution in [1.82, 2.24) is 0 Å². The van der Waals surface area contributed by atoms with E-state index in [1.54, 1.807) is 24.3 Å². The molecule has 0 spiro atoms. The smallest absolute Gasteiger partial charge is 0.104 e. The number of hydrogen-bond acceptors (Lipinski definition) is 20. The summed E-state index contributed by atoms with van der Waals surface area (Å²) in [5.41, 5.74) is 0. The normalized spacial score (nSPS) is 14.1. The molecule has 0 amide bonds. The molecular weight excluding hydrogens is 752 g/mol. The fraction of sp³-hybridized carbons (Fsp3) is 0.778. The van der Waals surface area contributed by atoms with E-state index in [2.05, 4.69) is 26.3 Å². The molecule has 0 aliphatic heterocycles. The summed E-state index contributed by atoms with van der Waals surface area (Å²) in [6.45, 7) is 14.0. The predicted molar refractivity (Wildman–Crippen MR) is 204 cm³/mol. The highest BCUT2D eigenvalue weighted by atomic mass is 16.6. The molecule has 6 atom stereocenters. The SMILES string of the molecule is C=CCOCC(CO)OC(CO)CO.C=CCOCC(CO)OCC(O)CO.C=CCOCC(O)COC(CO)CO.C=CCOCC(O)COCC(O)CO. The first-order valence-corrected chi connectivity index (χ1v) is 17.8. The Morgan fingerprint density at radius 2 is 0.625 bits per heavy atom. The quantitative estimate of drug-likeness (QED) is 0.0210. The third-order valence-electron chi connectivity index (χ3n) is 5.87. The molecule has 0 aromatic rings. The van der Waals surface area contributed by atoms with Gasteiger partial charge in [0.25, 0.3) is 0 Å². The molecule has 0 aliphatic rings. The number of rotatable bonds is 36. The van der Waals surface area contributed by atoms with Crippen LogP contribution in [-0.2, 0) is 37.9 Å². The van der Waals surface area contributed by atoms with Gasteiger partial charge in [-0.05, 0) is 0 Å². The molecule has 0 aromatic carbocycles. The molecule has 0 heterocycles. The summed E-state index contributed by atoms with van der Waals surface area (Å²) in [4.78, 5) is 0. The van der Waals surface area contributed by atoms with Crippen LogP contribution < -0.4 is 0 Å². The lowest BCUT2D eigenvalue weighted by Crippen LogP contribution is -2.33. The van der Waals surface area contributed by atoms with E-state index >= 15 is 0 Å². The number of aliphatic hydroxyl groups excluding tert-OH is 12. The third kappa shape index (κ3) is 46.5. The molecular formula is C36H72O20. The van der Waals surface area contributed by atoms with Crippen LogP contribution in [0.15, 0.2) is 50.6 Å². The fourth-order valence-corrected chi connectivity index (χ4v) is 3.04. The van der Waals surface area contributed by atoms with Gasteiger partial charge >= 0.3 is 0 Å². The van der Waals surface area contributed by atoms with Crippen LogP contribution in [0.4, 0.5) is 0 Å². The zero-order valence-corrected chi connectivity index (χ0v) is 32.5. The lowest BCUT2D eigenvalue weighted by Gasteiger charge is -2.20. The highest BCUT2D eigenvalue weighted by Gasteiger charge is 2.15. The van der Waals surface area contributed by atoms with Crippen molar-refractivity contribution in [2.24, 2.45) is 0 Å². The van der Waals surface area contributed by atoms with Crippen LogP contribution in [0.3, 0.4) is 0 Å². The van der Waals surface area contributed by atoms with E-state index in [9.17, 15) is 10.2 Å². The summed E-state index contributed by atoms with van der Waals surface area (Å²) in [5, 5.41) is 106. The first-order valence-electron chi connectivity index (χ1n) is 17.8. The average Bonchev–Trinajstić information content (AvgIpc) is 3.21. The van der Waals surface area contributed by atoms with Gasteiger partial charge in [-0.25, -0.2) is 0 Å². The summed E-state index contributed by atoms with van der Waals surface area (Å²) >= 11 is 0. The van der Waals surface area contributed by atoms with Gasteiger partial charge in [-0.1, -0.05) is 24.3 Å². The maximum absolute atomic E-state index is 9.27. The average molecular weight is 825 g/mol. The van der Waals surface area contributed by atoms with Crippen LogP contribution in [0, 0.1) is 0 Å². The summed E-state index contributed by atoms with van der Waals surface area (Å²) < 4.78 is 40.2. The maximum atomic E-state index is 9.27. The Balaban J connectivity index is -0.000000322. The van der Waals surface area contributed by atoms with Crippen molar-refractivity contribution in [3.05, 3.63) is 50.6 Å². The van der Waals surface area contributed by atoms with Gasteiger partial charge in [-0.3, -0.25) is 0 Å². The Morgan fingerprint density at radius 1 is 0.321 bits per heavy atom. The van der Waals surface area contributed by atoms with Crippen LogP contribution in [0.2, 0.25) is 0 Å². The predicted octanol–water partition coefficient (Wildman–Crippen LogP) is -4.32. The molecule has 20 heteroatoms. The van der Waals surface area contributed by atoms with Gasteiger partial charge in [0.1, 0.15) is 48.8 Å². The molecule has 12 N–H and O–H groups in total. The Labute approximate surface area is 330 Å². The molecule has 0 saturated heterocycles. The van der Waals surface area contributed by atoms with Crippen LogP contribution in [0.1, 0.15) is 0 Å². The minimum Gasteiger partial charge on any atom is -0.394 e. The van der Waals surface area contributed by atoms with Gasteiger partial charge < -0.3 is 99.2 Å². The van der Waals surface area contributed by atoms with Crippen molar-refractivity contribution in [2.45, 2.75) is 48.8 Å². The molecule has 0 bridgehead atoms. The van der Waals surface area contributed by atoms with E-state index in [4.69, 9.17) is 89.0 Å². The van der Waals surface area contributed by atoms with E-state index in [1.165, 1.54) is 0 Å². The fourth-order valence-electron chi connectivity index (χ4n) is 3.04. The number of hydrogen-bond donors (Lipinski definition) is 12. The van der Waals surface area contributed by atoms with E-state index in [1.807, 2.05) is 0 Å². The van der Waals surface area contributed by atoms with Gasteiger partial charge in [-0.2, -0.15) is 0 Å². The second kappa shape index (κ2) is 49.3. The number of aliphatic hydroxyl groups is 12. The molecule has 0 rings (SSSR count). The zero-order valence-electron chi connectivity index (χ0n) is 32.5. The molecule has 20 nitrogen and oxygen atoms in total. The van der Waals surface area contributed by atoms with E-state index < -0.39 is 48.8 Å².